The Kier molecular flexibility index (Phi) is 16.2. The summed E-state index contributed by atoms with van der Waals surface area (Å²) in [4.78, 5) is 10.3. The Bertz CT molecular complexity index is 524. The first-order valence-electron chi connectivity index (χ1n) is 9.10. The number of hydrogen-bond donors (Lipinski definition) is 3. The van der Waals surface area contributed by atoms with Crippen LogP contribution in [0.1, 0.15) is 45.4 Å². The number of allylic oxidation sites excluding steroid dienone is 8. The van der Waals surface area contributed by atoms with Crippen molar-refractivity contribution >= 4 is 5.97 Å². The van der Waals surface area contributed by atoms with Gasteiger partial charge in [0.2, 0.25) is 0 Å². The first kappa shape index (κ1) is 23.8. The Morgan fingerprint density at radius 2 is 1.35 bits per heavy atom. The lowest BCUT2D eigenvalue weighted by atomic mass is 10.2. The fraction of sp³-hybridized carbons (Fsp3) is 0.409. The van der Waals surface area contributed by atoms with Crippen molar-refractivity contribution in [2.45, 2.75) is 57.7 Å². The van der Waals surface area contributed by atoms with Crippen molar-refractivity contribution in [3.05, 3.63) is 72.9 Å². The van der Waals surface area contributed by atoms with Crippen LogP contribution in [0.25, 0.3) is 0 Å². The maximum atomic E-state index is 10.3. The fourth-order valence-corrected chi connectivity index (χ4v) is 1.90. The van der Waals surface area contributed by atoms with Crippen molar-refractivity contribution in [1.82, 2.24) is 0 Å². The minimum absolute atomic E-state index is 0.154. The molecule has 0 aromatic rings. The molecule has 3 N–H and O–H groups in total. The van der Waals surface area contributed by atoms with Crippen LogP contribution in [0.4, 0.5) is 0 Å². The lowest BCUT2D eigenvalue weighted by Gasteiger charge is -1.99. The summed E-state index contributed by atoms with van der Waals surface area (Å²) in [6, 6.07) is 0. The number of aliphatic hydroxyl groups is 2. The molecule has 0 radical (unpaired) electrons. The zero-order valence-corrected chi connectivity index (χ0v) is 15.6. The summed E-state index contributed by atoms with van der Waals surface area (Å²) >= 11 is 0. The van der Waals surface area contributed by atoms with Crippen LogP contribution in [-0.4, -0.2) is 33.5 Å². The van der Waals surface area contributed by atoms with Crippen LogP contribution in [-0.2, 0) is 4.79 Å². The van der Waals surface area contributed by atoms with Crippen molar-refractivity contribution in [2.24, 2.45) is 0 Å². The predicted octanol–water partition coefficient (Wildman–Crippen LogP) is 4.49. The van der Waals surface area contributed by atoms with Crippen LogP contribution in [0.5, 0.6) is 0 Å². The van der Waals surface area contributed by atoms with Gasteiger partial charge in [-0.3, -0.25) is 4.79 Å². The summed E-state index contributed by atoms with van der Waals surface area (Å²) in [5.74, 6) is -0.787. The summed E-state index contributed by atoms with van der Waals surface area (Å²) in [5, 5.41) is 28.0. The van der Waals surface area contributed by atoms with Gasteiger partial charge in [0.1, 0.15) is 0 Å². The van der Waals surface area contributed by atoms with E-state index in [4.69, 9.17) is 5.11 Å². The molecule has 0 saturated carbocycles. The smallest absolute Gasteiger partial charge is 0.303 e. The molecule has 26 heavy (non-hydrogen) atoms. The van der Waals surface area contributed by atoms with E-state index in [1.165, 1.54) is 0 Å². The number of aliphatic carboxylic acids is 1. The predicted molar refractivity (Wildman–Crippen MR) is 108 cm³/mol. The minimum Gasteiger partial charge on any atom is -0.481 e. The third-order valence-electron chi connectivity index (χ3n) is 3.29. The van der Waals surface area contributed by atoms with Gasteiger partial charge < -0.3 is 15.3 Å². The van der Waals surface area contributed by atoms with E-state index in [0.717, 1.165) is 12.8 Å². The maximum absolute atomic E-state index is 10.3. The highest BCUT2D eigenvalue weighted by molar-refractivity contribution is 5.66. The van der Waals surface area contributed by atoms with E-state index in [2.05, 4.69) is 6.92 Å². The van der Waals surface area contributed by atoms with Crippen molar-refractivity contribution in [2.75, 3.05) is 0 Å². The summed E-state index contributed by atoms with van der Waals surface area (Å²) in [7, 11) is 0. The van der Waals surface area contributed by atoms with Crippen LogP contribution in [0.3, 0.4) is 0 Å². The maximum Gasteiger partial charge on any atom is 0.303 e. The number of aliphatic hydroxyl groups excluding tert-OH is 2. The Hall–Kier alpha value is -2.17. The first-order valence-corrected chi connectivity index (χ1v) is 9.10. The lowest BCUT2D eigenvalue weighted by Crippen LogP contribution is -1.98. The molecule has 0 aliphatic heterocycles. The number of carboxylic acid groups (broad SMARTS) is 1. The average Bonchev–Trinajstić information content (AvgIpc) is 2.60. The van der Waals surface area contributed by atoms with Crippen LogP contribution in [0.2, 0.25) is 0 Å². The molecule has 2 atom stereocenters. The largest absolute Gasteiger partial charge is 0.481 e. The molecule has 0 amide bonds. The zero-order chi connectivity index (χ0) is 19.5. The van der Waals surface area contributed by atoms with Crippen molar-refractivity contribution in [3.63, 3.8) is 0 Å². The van der Waals surface area contributed by atoms with Gasteiger partial charge in [0.25, 0.3) is 0 Å². The van der Waals surface area contributed by atoms with E-state index < -0.39 is 18.2 Å². The van der Waals surface area contributed by atoms with Crippen LogP contribution < -0.4 is 0 Å². The normalized spacial score (nSPS) is 15.5. The molecule has 0 unspecified atom stereocenters. The third-order valence-corrected chi connectivity index (χ3v) is 3.29. The summed E-state index contributed by atoms with van der Waals surface area (Å²) < 4.78 is 0. The number of carboxylic acids is 1. The highest BCUT2D eigenvalue weighted by atomic mass is 16.4. The number of hydrogen-bond acceptors (Lipinski definition) is 3. The van der Waals surface area contributed by atoms with Crippen LogP contribution >= 0.6 is 0 Å². The van der Waals surface area contributed by atoms with Crippen molar-refractivity contribution in [3.8, 4) is 0 Å². The zero-order valence-electron chi connectivity index (χ0n) is 15.6. The monoisotopic (exact) mass is 360 g/mol. The molecular weight excluding hydrogens is 328 g/mol. The molecule has 0 aromatic carbocycles. The van der Waals surface area contributed by atoms with Gasteiger partial charge >= 0.3 is 5.97 Å². The molecule has 0 heterocycles. The summed E-state index contributed by atoms with van der Waals surface area (Å²) in [6.07, 6.45) is 24.8. The van der Waals surface area contributed by atoms with E-state index in [9.17, 15) is 15.0 Å². The van der Waals surface area contributed by atoms with Crippen molar-refractivity contribution in [1.29, 1.82) is 0 Å². The molecule has 0 aromatic heterocycles. The standard InChI is InChI=1S/C22H32O4/c1-2-3-10-15-20(23)17-12-8-9-13-18-21(24)16-11-6-4-5-7-14-19-22(25)26/h3,5-13,17-18,20-21,23-24H,2,4,14-16,19H2,1H3,(H,25,26)/t20-,21-/m0/s1. The Balaban J connectivity index is 3.87. The van der Waals surface area contributed by atoms with Gasteiger partial charge in [-0.05, 0) is 32.1 Å². The molecule has 4 heteroatoms. The lowest BCUT2D eigenvalue weighted by molar-refractivity contribution is -0.136. The quantitative estimate of drug-likeness (QED) is 0.315. The van der Waals surface area contributed by atoms with Gasteiger partial charge in [-0.15, -0.1) is 0 Å². The van der Waals surface area contributed by atoms with E-state index in [-0.39, 0.29) is 6.42 Å². The van der Waals surface area contributed by atoms with Gasteiger partial charge in [-0.2, -0.15) is 0 Å². The Morgan fingerprint density at radius 3 is 1.88 bits per heavy atom. The number of carbonyl (C=O) groups is 1. The van der Waals surface area contributed by atoms with Crippen LogP contribution in [0.15, 0.2) is 72.9 Å². The second-order valence-electron chi connectivity index (χ2n) is 5.75. The molecule has 0 aliphatic rings. The first-order chi connectivity index (χ1) is 12.6. The topological polar surface area (TPSA) is 77.8 Å². The molecule has 0 saturated heterocycles. The molecule has 4 nitrogen and oxygen atoms in total. The average molecular weight is 360 g/mol. The third kappa shape index (κ3) is 18.2. The molecular formula is C22H32O4. The molecule has 0 spiro atoms. The van der Waals surface area contributed by atoms with Crippen molar-refractivity contribution < 1.29 is 20.1 Å². The van der Waals surface area contributed by atoms with E-state index in [1.54, 1.807) is 24.3 Å². The Labute approximate surface area is 157 Å². The molecule has 144 valence electrons. The highest BCUT2D eigenvalue weighted by Gasteiger charge is 1.94. The van der Waals surface area contributed by atoms with Gasteiger partial charge in [0.05, 0.1) is 12.2 Å². The molecule has 0 rings (SSSR count). The SMILES string of the molecule is CCC=CC[C@H](O)C=CC=CC=C[C@@H](O)CC=CCC=CCCC(=O)O. The second-order valence-corrected chi connectivity index (χ2v) is 5.75. The van der Waals surface area contributed by atoms with E-state index >= 15 is 0 Å². The van der Waals surface area contributed by atoms with Gasteiger partial charge in [-0.25, -0.2) is 0 Å². The van der Waals surface area contributed by atoms with Crippen LogP contribution in [0, 0.1) is 0 Å². The summed E-state index contributed by atoms with van der Waals surface area (Å²) in [5.41, 5.74) is 0. The second kappa shape index (κ2) is 17.6. The summed E-state index contributed by atoms with van der Waals surface area (Å²) in [6.45, 7) is 2.06. The fourth-order valence-electron chi connectivity index (χ4n) is 1.90. The highest BCUT2D eigenvalue weighted by Crippen LogP contribution is 2.00. The van der Waals surface area contributed by atoms with Gasteiger partial charge in [0, 0.05) is 6.42 Å². The molecule has 0 bridgehead atoms. The Morgan fingerprint density at radius 1 is 0.808 bits per heavy atom. The minimum atomic E-state index is -0.787. The van der Waals surface area contributed by atoms with E-state index in [0.29, 0.717) is 19.3 Å². The van der Waals surface area contributed by atoms with Gasteiger partial charge in [0.15, 0.2) is 0 Å². The number of rotatable bonds is 14. The molecule has 0 aliphatic carbocycles. The van der Waals surface area contributed by atoms with E-state index in [1.807, 2.05) is 48.6 Å². The van der Waals surface area contributed by atoms with Gasteiger partial charge in [-0.1, -0.05) is 79.8 Å². The molecule has 0 fully saturated rings.